The molecule has 9 heteroatoms. The molecule has 0 spiro atoms. The van der Waals surface area contributed by atoms with Gasteiger partial charge in [-0.05, 0) is 12.8 Å². The fourth-order valence-electron chi connectivity index (χ4n) is 2.14. The summed E-state index contributed by atoms with van der Waals surface area (Å²) in [4.78, 5) is 15.2. The van der Waals surface area contributed by atoms with Gasteiger partial charge in [0.1, 0.15) is 0 Å². The molecule has 20 heavy (non-hydrogen) atoms. The number of hydrogen-bond acceptors (Lipinski definition) is 6. The second kappa shape index (κ2) is 5.29. The lowest BCUT2D eigenvalue weighted by molar-refractivity contribution is -0.176. The first-order valence-corrected chi connectivity index (χ1v) is 6.28. The van der Waals surface area contributed by atoms with Crippen molar-refractivity contribution in [1.82, 2.24) is 15.0 Å². The molecule has 1 aromatic rings. The molecule has 1 aliphatic rings. The number of rotatable bonds is 2. The number of nitrogens with zero attached hydrogens (tertiary/aromatic N) is 5. The number of piperidine rings is 1. The topological polar surface area (TPSA) is 71.2 Å². The second-order valence-corrected chi connectivity index (χ2v) is 5.01. The van der Waals surface area contributed by atoms with E-state index in [-0.39, 0.29) is 24.9 Å². The normalized spacial score (nSPS) is 20.1. The highest BCUT2D eigenvalue weighted by atomic mass is 19.4. The van der Waals surface area contributed by atoms with Crippen molar-refractivity contribution in [3.8, 4) is 0 Å². The zero-order chi connectivity index (χ0) is 14.9. The molecule has 1 atom stereocenters. The maximum Gasteiger partial charge on any atom is 0.393 e. The average Bonchev–Trinajstić information content (AvgIpc) is 2.37. The van der Waals surface area contributed by atoms with E-state index in [2.05, 4.69) is 15.0 Å². The van der Waals surface area contributed by atoms with Crippen LogP contribution in [-0.2, 0) is 0 Å². The molecule has 1 fully saturated rings. The summed E-state index contributed by atoms with van der Waals surface area (Å²) in [6.07, 6.45) is -3.60. The van der Waals surface area contributed by atoms with Crippen LogP contribution in [0.25, 0.3) is 0 Å². The predicted octanol–water partition coefficient (Wildman–Crippen LogP) is 1.30. The van der Waals surface area contributed by atoms with Crippen molar-refractivity contribution in [2.45, 2.75) is 19.0 Å². The minimum absolute atomic E-state index is 0.00725. The van der Waals surface area contributed by atoms with E-state index >= 15 is 0 Å². The van der Waals surface area contributed by atoms with Crippen molar-refractivity contribution in [2.75, 3.05) is 42.7 Å². The van der Waals surface area contributed by atoms with Crippen LogP contribution >= 0.6 is 0 Å². The van der Waals surface area contributed by atoms with Gasteiger partial charge in [-0.25, -0.2) is 0 Å². The van der Waals surface area contributed by atoms with Crippen LogP contribution in [0.5, 0.6) is 0 Å². The highest BCUT2D eigenvalue weighted by Crippen LogP contribution is 2.34. The van der Waals surface area contributed by atoms with E-state index in [1.165, 1.54) is 4.90 Å². The van der Waals surface area contributed by atoms with Gasteiger partial charge >= 0.3 is 6.18 Å². The molecule has 1 unspecified atom stereocenters. The minimum Gasteiger partial charge on any atom is -0.368 e. The van der Waals surface area contributed by atoms with Crippen molar-refractivity contribution < 1.29 is 13.2 Å². The lowest BCUT2D eigenvalue weighted by atomic mass is 9.98. The number of aromatic nitrogens is 3. The third-order valence-corrected chi connectivity index (χ3v) is 3.20. The third-order valence-electron chi connectivity index (χ3n) is 3.20. The Bertz CT molecular complexity index is 476. The van der Waals surface area contributed by atoms with E-state index in [9.17, 15) is 13.2 Å². The van der Waals surface area contributed by atoms with Crippen LogP contribution < -0.4 is 15.5 Å². The van der Waals surface area contributed by atoms with E-state index in [0.29, 0.717) is 18.9 Å². The zero-order valence-corrected chi connectivity index (χ0v) is 11.4. The third kappa shape index (κ3) is 3.20. The van der Waals surface area contributed by atoms with E-state index in [4.69, 9.17) is 5.73 Å². The predicted molar refractivity (Wildman–Crippen MR) is 69.6 cm³/mol. The fourth-order valence-corrected chi connectivity index (χ4v) is 2.14. The molecule has 0 bridgehead atoms. The summed E-state index contributed by atoms with van der Waals surface area (Å²) in [7, 11) is 3.46. The summed E-state index contributed by atoms with van der Waals surface area (Å²) in [5, 5.41) is 0. The molecule has 0 aromatic carbocycles. The van der Waals surface area contributed by atoms with Crippen LogP contribution in [-0.4, -0.2) is 48.3 Å². The largest absolute Gasteiger partial charge is 0.393 e. The van der Waals surface area contributed by atoms with E-state index < -0.39 is 12.1 Å². The van der Waals surface area contributed by atoms with E-state index in [1.807, 2.05) is 0 Å². The number of nitrogen functional groups attached to an aromatic ring is 1. The van der Waals surface area contributed by atoms with Crippen LogP contribution in [0.15, 0.2) is 0 Å². The van der Waals surface area contributed by atoms with Gasteiger partial charge < -0.3 is 15.5 Å². The molecular weight excluding hydrogens is 273 g/mol. The smallest absolute Gasteiger partial charge is 0.368 e. The zero-order valence-electron chi connectivity index (χ0n) is 11.4. The average molecular weight is 290 g/mol. The Labute approximate surface area is 114 Å². The summed E-state index contributed by atoms with van der Waals surface area (Å²) in [5.74, 6) is -0.804. The molecule has 2 heterocycles. The lowest BCUT2D eigenvalue weighted by Gasteiger charge is -2.33. The summed E-state index contributed by atoms with van der Waals surface area (Å²) in [6, 6.07) is 0. The molecule has 0 radical (unpaired) electrons. The highest BCUT2D eigenvalue weighted by molar-refractivity contribution is 5.43. The first kappa shape index (κ1) is 14.6. The van der Waals surface area contributed by atoms with Crippen LogP contribution in [0, 0.1) is 5.92 Å². The van der Waals surface area contributed by atoms with Gasteiger partial charge in [0.25, 0.3) is 0 Å². The van der Waals surface area contributed by atoms with Gasteiger partial charge in [0.2, 0.25) is 17.8 Å². The van der Waals surface area contributed by atoms with Gasteiger partial charge in [0, 0.05) is 27.2 Å². The van der Waals surface area contributed by atoms with Gasteiger partial charge in [-0.3, -0.25) is 0 Å². The number of halogens is 3. The molecule has 112 valence electrons. The monoisotopic (exact) mass is 290 g/mol. The quantitative estimate of drug-likeness (QED) is 0.885. The van der Waals surface area contributed by atoms with E-state index in [0.717, 1.165) is 0 Å². The van der Waals surface area contributed by atoms with Gasteiger partial charge in [-0.2, -0.15) is 28.1 Å². The molecule has 6 nitrogen and oxygen atoms in total. The van der Waals surface area contributed by atoms with Gasteiger partial charge in [0.15, 0.2) is 0 Å². The maximum atomic E-state index is 12.8. The second-order valence-electron chi connectivity index (χ2n) is 5.01. The summed E-state index contributed by atoms with van der Waals surface area (Å²) >= 11 is 0. The minimum atomic E-state index is -4.19. The van der Waals surface area contributed by atoms with E-state index in [1.54, 1.807) is 19.0 Å². The van der Waals surface area contributed by atoms with Crippen LogP contribution in [0.2, 0.25) is 0 Å². The molecule has 2 N–H and O–H groups in total. The van der Waals surface area contributed by atoms with Crippen molar-refractivity contribution in [3.63, 3.8) is 0 Å². The molecule has 1 saturated heterocycles. The Hall–Kier alpha value is -1.80. The van der Waals surface area contributed by atoms with Crippen molar-refractivity contribution in [3.05, 3.63) is 0 Å². The Kier molecular flexibility index (Phi) is 3.87. The van der Waals surface area contributed by atoms with Gasteiger partial charge in [-0.15, -0.1) is 0 Å². The molecule has 0 amide bonds. The Morgan fingerprint density at radius 3 is 2.55 bits per heavy atom. The molecular formula is C11H17F3N6. The lowest BCUT2D eigenvalue weighted by Crippen LogP contribution is -2.42. The highest BCUT2D eigenvalue weighted by Gasteiger charge is 2.42. The molecule has 0 saturated carbocycles. The molecule has 1 aromatic heterocycles. The standard InChI is InChI=1S/C11H17F3N6/c1-19(2)9-16-8(15)17-10(18-9)20-5-3-4-7(6-20)11(12,13)14/h7H,3-6H2,1-2H3,(H2,15,16,17,18). The van der Waals surface area contributed by atoms with Crippen LogP contribution in [0.1, 0.15) is 12.8 Å². The maximum absolute atomic E-state index is 12.8. The first-order valence-electron chi connectivity index (χ1n) is 6.28. The summed E-state index contributed by atoms with van der Waals surface area (Å²) in [5.41, 5.74) is 5.59. The Morgan fingerprint density at radius 2 is 1.95 bits per heavy atom. The number of alkyl halides is 3. The molecule has 1 aliphatic heterocycles. The first-order chi connectivity index (χ1) is 9.27. The number of hydrogen-bond donors (Lipinski definition) is 1. The van der Waals surface area contributed by atoms with Gasteiger partial charge in [0.05, 0.1) is 5.92 Å². The van der Waals surface area contributed by atoms with Crippen LogP contribution in [0.4, 0.5) is 31.0 Å². The SMILES string of the molecule is CN(C)c1nc(N)nc(N2CCCC(C(F)(F)F)C2)n1. The summed E-state index contributed by atoms with van der Waals surface area (Å²) < 4.78 is 38.4. The molecule has 2 rings (SSSR count). The Balaban J connectivity index is 2.23. The fraction of sp³-hybridized carbons (Fsp3) is 0.727. The van der Waals surface area contributed by atoms with Gasteiger partial charge in [-0.1, -0.05) is 0 Å². The van der Waals surface area contributed by atoms with Crippen molar-refractivity contribution >= 4 is 17.8 Å². The Morgan fingerprint density at radius 1 is 1.25 bits per heavy atom. The van der Waals surface area contributed by atoms with Crippen molar-refractivity contribution in [2.24, 2.45) is 5.92 Å². The number of anilines is 3. The molecule has 0 aliphatic carbocycles. The van der Waals surface area contributed by atoms with Crippen LogP contribution in [0.3, 0.4) is 0 Å². The number of nitrogens with two attached hydrogens (primary N) is 1. The van der Waals surface area contributed by atoms with Crippen molar-refractivity contribution in [1.29, 1.82) is 0 Å². The summed E-state index contributed by atoms with van der Waals surface area (Å²) in [6.45, 7) is 0.350.